The minimum absolute atomic E-state index is 0. The van der Waals surface area contributed by atoms with Gasteiger partial charge in [-0.2, -0.15) is 0 Å². The van der Waals surface area contributed by atoms with Gasteiger partial charge in [0.25, 0.3) is 0 Å². The minimum atomic E-state index is 0. The summed E-state index contributed by atoms with van der Waals surface area (Å²) in [5.41, 5.74) is 0. The van der Waals surface area contributed by atoms with Gasteiger partial charge in [0.15, 0.2) is 0 Å². The number of carbonyl (C=O) groups is 2. The van der Waals surface area contributed by atoms with E-state index >= 15 is 0 Å². The zero-order chi connectivity index (χ0) is 21.2. The highest BCUT2D eigenvalue weighted by atomic mass is 16.5. The van der Waals surface area contributed by atoms with Crippen molar-refractivity contribution in [2.75, 3.05) is 6.61 Å². The molecule has 0 heterocycles. The first-order valence-corrected chi connectivity index (χ1v) is 12.0. The van der Waals surface area contributed by atoms with Crippen molar-refractivity contribution >= 4 is 11.7 Å². The average molecular weight is 412 g/mol. The van der Waals surface area contributed by atoms with Crippen molar-refractivity contribution in [1.82, 2.24) is 5.32 Å². The van der Waals surface area contributed by atoms with Crippen molar-refractivity contribution in [3.8, 4) is 0 Å². The highest BCUT2D eigenvalue weighted by Crippen LogP contribution is 2.28. The molecule has 0 aliphatic heterocycles. The van der Waals surface area contributed by atoms with Crippen molar-refractivity contribution in [1.29, 1.82) is 0 Å². The Morgan fingerprint density at radius 3 is 2.17 bits per heavy atom. The standard InChI is InChI=1S/C24H43NO4.H2/c1-5-18(4)24(27)19-8-10-20(11-9-19)25-23(26)7-6-16-28-21-12-14-22(15-13-21)29-17(2)3;/h17-22H,5-16H2,1-4H3,(H,25,26);1H. The van der Waals surface area contributed by atoms with E-state index < -0.39 is 0 Å². The zero-order valence-corrected chi connectivity index (χ0v) is 19.1. The summed E-state index contributed by atoms with van der Waals surface area (Å²) in [5, 5.41) is 3.16. The maximum absolute atomic E-state index is 12.3. The van der Waals surface area contributed by atoms with E-state index in [-0.39, 0.29) is 25.2 Å². The van der Waals surface area contributed by atoms with Gasteiger partial charge in [-0.1, -0.05) is 13.8 Å². The molecule has 5 heteroatoms. The van der Waals surface area contributed by atoms with Gasteiger partial charge in [0, 0.05) is 32.3 Å². The minimum Gasteiger partial charge on any atom is -0.378 e. The second-order valence-corrected chi connectivity index (χ2v) is 9.39. The molecule has 0 spiro atoms. The second kappa shape index (κ2) is 12.7. The topological polar surface area (TPSA) is 64.6 Å². The van der Waals surface area contributed by atoms with Gasteiger partial charge in [0.05, 0.1) is 18.3 Å². The summed E-state index contributed by atoms with van der Waals surface area (Å²) in [6, 6.07) is 0.237. The smallest absolute Gasteiger partial charge is 0.220 e. The lowest BCUT2D eigenvalue weighted by Gasteiger charge is -2.30. The number of amides is 1. The summed E-state index contributed by atoms with van der Waals surface area (Å²) in [6.07, 6.45) is 11.2. The van der Waals surface area contributed by atoms with Gasteiger partial charge in [-0.15, -0.1) is 0 Å². The first-order valence-electron chi connectivity index (χ1n) is 12.0. The molecule has 0 aromatic heterocycles. The van der Waals surface area contributed by atoms with Gasteiger partial charge in [-0.25, -0.2) is 0 Å². The first kappa shape index (κ1) is 24.3. The van der Waals surface area contributed by atoms with Crippen LogP contribution in [0.4, 0.5) is 0 Å². The van der Waals surface area contributed by atoms with E-state index in [1.807, 2.05) is 6.92 Å². The van der Waals surface area contributed by atoms with Crippen LogP contribution in [0, 0.1) is 11.8 Å². The predicted molar refractivity (Wildman–Crippen MR) is 118 cm³/mol. The van der Waals surface area contributed by atoms with E-state index in [2.05, 4.69) is 26.1 Å². The molecule has 0 aromatic carbocycles. The van der Waals surface area contributed by atoms with Crippen LogP contribution in [-0.2, 0) is 19.1 Å². The van der Waals surface area contributed by atoms with Gasteiger partial charge in [0.1, 0.15) is 5.78 Å². The van der Waals surface area contributed by atoms with Gasteiger partial charge < -0.3 is 14.8 Å². The van der Waals surface area contributed by atoms with E-state index in [1.54, 1.807) is 0 Å². The molecule has 2 aliphatic carbocycles. The third kappa shape index (κ3) is 8.75. The van der Waals surface area contributed by atoms with Crippen LogP contribution in [-0.4, -0.2) is 42.7 Å². The molecule has 1 atom stereocenters. The average Bonchev–Trinajstić information content (AvgIpc) is 2.71. The Morgan fingerprint density at radius 1 is 0.966 bits per heavy atom. The molecule has 0 aromatic rings. The lowest BCUT2D eigenvalue weighted by molar-refractivity contribution is -0.127. The summed E-state index contributed by atoms with van der Waals surface area (Å²) in [7, 11) is 0. The van der Waals surface area contributed by atoms with Crippen molar-refractivity contribution in [2.45, 2.75) is 123 Å². The molecule has 0 bridgehead atoms. The van der Waals surface area contributed by atoms with Crippen LogP contribution >= 0.6 is 0 Å². The van der Waals surface area contributed by atoms with Crippen LogP contribution in [0.25, 0.3) is 0 Å². The lowest BCUT2D eigenvalue weighted by Crippen LogP contribution is -2.39. The van der Waals surface area contributed by atoms with E-state index in [0.717, 1.165) is 64.2 Å². The van der Waals surface area contributed by atoms with Gasteiger partial charge in [-0.05, 0) is 78.1 Å². The van der Waals surface area contributed by atoms with Crippen molar-refractivity contribution in [3.63, 3.8) is 0 Å². The molecule has 0 saturated heterocycles. The van der Waals surface area contributed by atoms with E-state index in [4.69, 9.17) is 9.47 Å². The SMILES string of the molecule is CCC(C)C(=O)C1CCC(NC(=O)CCCOC2CCC(OC(C)C)CC2)CC1.[HH]. The molecule has 5 nitrogen and oxygen atoms in total. The van der Waals surface area contributed by atoms with Crippen LogP contribution in [0.1, 0.15) is 99.8 Å². The van der Waals surface area contributed by atoms with E-state index in [9.17, 15) is 9.59 Å². The van der Waals surface area contributed by atoms with Crippen LogP contribution in [0.15, 0.2) is 0 Å². The number of rotatable bonds is 11. The molecular formula is C24H45NO4. The summed E-state index contributed by atoms with van der Waals surface area (Å²) >= 11 is 0. The Bertz CT molecular complexity index is 497. The Kier molecular flexibility index (Phi) is 10.6. The van der Waals surface area contributed by atoms with Gasteiger partial charge in [-0.3, -0.25) is 9.59 Å². The molecule has 1 unspecified atom stereocenters. The van der Waals surface area contributed by atoms with Gasteiger partial charge >= 0.3 is 0 Å². The molecular weight excluding hydrogens is 366 g/mol. The fraction of sp³-hybridized carbons (Fsp3) is 0.917. The Hall–Kier alpha value is -0.940. The van der Waals surface area contributed by atoms with Crippen LogP contribution in [0.2, 0.25) is 0 Å². The number of carbonyl (C=O) groups excluding carboxylic acids is 2. The number of ketones is 1. The monoisotopic (exact) mass is 411 g/mol. The molecule has 1 amide bonds. The fourth-order valence-electron chi connectivity index (χ4n) is 4.63. The Labute approximate surface area is 179 Å². The molecule has 2 aliphatic rings. The van der Waals surface area contributed by atoms with Gasteiger partial charge in [0.2, 0.25) is 5.91 Å². The molecule has 2 rings (SSSR count). The number of hydrogen-bond donors (Lipinski definition) is 1. The maximum Gasteiger partial charge on any atom is 0.220 e. The summed E-state index contributed by atoms with van der Waals surface area (Å²) in [6.45, 7) is 8.94. The van der Waals surface area contributed by atoms with E-state index in [1.165, 1.54) is 0 Å². The van der Waals surface area contributed by atoms with Crippen LogP contribution in [0.3, 0.4) is 0 Å². The summed E-state index contributed by atoms with van der Waals surface area (Å²) < 4.78 is 11.9. The second-order valence-electron chi connectivity index (χ2n) is 9.39. The Balaban J connectivity index is 0.00000450. The molecule has 0 radical (unpaired) electrons. The normalized spacial score (nSPS) is 28.9. The fourth-order valence-corrected chi connectivity index (χ4v) is 4.63. The predicted octanol–water partition coefficient (Wildman–Crippen LogP) is 5.06. The van der Waals surface area contributed by atoms with Crippen molar-refractivity contribution in [2.24, 2.45) is 11.8 Å². The van der Waals surface area contributed by atoms with Crippen LogP contribution < -0.4 is 5.32 Å². The van der Waals surface area contributed by atoms with Crippen molar-refractivity contribution < 1.29 is 20.5 Å². The molecule has 2 fully saturated rings. The lowest BCUT2D eigenvalue weighted by atomic mass is 9.79. The number of nitrogens with one attached hydrogen (secondary N) is 1. The number of Topliss-reactive ketones (excluding diaryl/α,β-unsaturated/α-hetero) is 1. The maximum atomic E-state index is 12.3. The third-order valence-corrected chi connectivity index (χ3v) is 6.58. The quantitative estimate of drug-likeness (QED) is 0.483. The first-order chi connectivity index (χ1) is 13.9. The number of ether oxygens (including phenoxy) is 2. The molecule has 29 heavy (non-hydrogen) atoms. The largest absolute Gasteiger partial charge is 0.378 e. The van der Waals surface area contributed by atoms with Crippen LogP contribution in [0.5, 0.6) is 0 Å². The molecule has 2 saturated carbocycles. The molecule has 170 valence electrons. The van der Waals surface area contributed by atoms with E-state index in [0.29, 0.717) is 37.1 Å². The highest BCUT2D eigenvalue weighted by Gasteiger charge is 2.29. The zero-order valence-electron chi connectivity index (χ0n) is 19.1. The highest BCUT2D eigenvalue weighted by molar-refractivity contribution is 5.83. The van der Waals surface area contributed by atoms with Crippen molar-refractivity contribution in [3.05, 3.63) is 0 Å². The third-order valence-electron chi connectivity index (χ3n) is 6.58. The molecule has 1 N–H and O–H groups in total. The summed E-state index contributed by atoms with van der Waals surface area (Å²) in [5.74, 6) is 0.912. The number of hydrogen-bond acceptors (Lipinski definition) is 4. The Morgan fingerprint density at radius 2 is 1.59 bits per heavy atom. The summed E-state index contributed by atoms with van der Waals surface area (Å²) in [4.78, 5) is 24.5.